The summed E-state index contributed by atoms with van der Waals surface area (Å²) in [6, 6.07) is 0. The van der Waals surface area contributed by atoms with Crippen LogP contribution in [0.25, 0.3) is 0 Å². The molecule has 0 aromatic heterocycles. The quantitative estimate of drug-likeness (QED) is 0.625. The zero-order chi connectivity index (χ0) is 13.6. The molecule has 0 heterocycles. The van der Waals surface area contributed by atoms with E-state index in [2.05, 4.69) is 46.8 Å². The van der Waals surface area contributed by atoms with E-state index in [1.54, 1.807) is 0 Å². The fourth-order valence-electron chi connectivity index (χ4n) is 1.07. The van der Waals surface area contributed by atoms with Crippen LogP contribution in [0.1, 0.15) is 34.1 Å². The summed E-state index contributed by atoms with van der Waals surface area (Å²) in [6.45, 7) is 8.61. The molecule has 1 amide bonds. The average molecular weight is 308 g/mol. The molecule has 17 heavy (non-hydrogen) atoms. The number of hydrogen-bond acceptors (Lipinski definition) is 3. The summed E-state index contributed by atoms with van der Waals surface area (Å²) in [5.41, 5.74) is 0.105. The Morgan fingerprint density at radius 1 is 1.35 bits per heavy atom. The summed E-state index contributed by atoms with van der Waals surface area (Å²) in [5.74, 6) is -0.135. The van der Waals surface area contributed by atoms with Crippen molar-refractivity contribution in [2.45, 2.75) is 38.9 Å². The molecule has 4 nitrogen and oxygen atoms in total. The van der Waals surface area contributed by atoms with Crippen LogP contribution in [0, 0.1) is 11.3 Å². The van der Waals surface area contributed by atoms with Gasteiger partial charge >= 0.3 is 5.97 Å². The first-order valence-electron chi connectivity index (χ1n) is 5.67. The number of hydrogen-bond donors (Lipinski definition) is 1. The van der Waals surface area contributed by atoms with Gasteiger partial charge in [0.25, 0.3) is 0 Å². The molecule has 0 spiro atoms. The third-order valence-corrected chi connectivity index (χ3v) is 3.60. The fraction of sp³-hybridized carbons (Fsp3) is 0.833. The summed E-state index contributed by atoms with van der Waals surface area (Å²) >= 11 is 3.15. The van der Waals surface area contributed by atoms with E-state index in [0.29, 0.717) is 6.42 Å². The number of nitrogens with one attached hydrogen (secondary N) is 1. The van der Waals surface area contributed by atoms with Crippen molar-refractivity contribution in [3.8, 4) is 0 Å². The molecule has 1 N–H and O–H groups in total. The van der Waals surface area contributed by atoms with Gasteiger partial charge in [-0.3, -0.25) is 9.59 Å². The molecule has 0 saturated heterocycles. The summed E-state index contributed by atoms with van der Waals surface area (Å²) in [4.78, 5) is 22.2. The molecule has 0 aliphatic carbocycles. The Balaban J connectivity index is 4.00. The second-order valence-electron chi connectivity index (χ2n) is 5.27. The van der Waals surface area contributed by atoms with Crippen LogP contribution in [-0.4, -0.2) is 30.4 Å². The van der Waals surface area contributed by atoms with E-state index in [1.165, 1.54) is 7.11 Å². The minimum atomic E-state index is -0.485. The molecular weight excluding hydrogens is 286 g/mol. The number of halogens is 1. The van der Waals surface area contributed by atoms with Gasteiger partial charge in [0.2, 0.25) is 5.91 Å². The van der Waals surface area contributed by atoms with Crippen molar-refractivity contribution < 1.29 is 14.3 Å². The Kier molecular flexibility index (Phi) is 6.75. The van der Waals surface area contributed by atoms with Gasteiger partial charge in [-0.1, -0.05) is 43.6 Å². The van der Waals surface area contributed by atoms with Crippen molar-refractivity contribution in [2.24, 2.45) is 11.3 Å². The van der Waals surface area contributed by atoms with Crippen LogP contribution in [0.3, 0.4) is 0 Å². The van der Waals surface area contributed by atoms with E-state index in [4.69, 9.17) is 0 Å². The van der Waals surface area contributed by atoms with Gasteiger partial charge in [0.05, 0.1) is 7.11 Å². The lowest BCUT2D eigenvalue weighted by atomic mass is 9.80. The van der Waals surface area contributed by atoms with Gasteiger partial charge in [0.1, 0.15) is 4.83 Å². The lowest BCUT2D eigenvalue weighted by Crippen LogP contribution is -2.35. The zero-order valence-corrected chi connectivity index (χ0v) is 12.8. The Bertz CT molecular complexity index is 273. The average Bonchev–Trinajstić information content (AvgIpc) is 2.23. The highest BCUT2D eigenvalue weighted by Crippen LogP contribution is 2.27. The van der Waals surface area contributed by atoms with Gasteiger partial charge in [0, 0.05) is 13.0 Å². The van der Waals surface area contributed by atoms with Crippen molar-refractivity contribution in [3.05, 3.63) is 0 Å². The maximum Gasteiger partial charge on any atom is 0.321 e. The summed E-state index contributed by atoms with van der Waals surface area (Å²) < 4.78 is 4.54. The molecule has 0 radical (unpaired) electrons. The molecule has 0 bridgehead atoms. The number of methoxy groups -OCH3 is 1. The number of amides is 1. The molecule has 0 fully saturated rings. The molecule has 0 aliphatic heterocycles. The maximum absolute atomic E-state index is 11.6. The Hall–Kier alpha value is -0.580. The summed E-state index contributed by atoms with van der Waals surface area (Å²) in [7, 11) is 1.32. The smallest absolute Gasteiger partial charge is 0.321 e. The number of carbonyl (C=O) groups is 2. The first-order valence-corrected chi connectivity index (χ1v) is 6.58. The van der Waals surface area contributed by atoms with Gasteiger partial charge in [0.15, 0.2) is 0 Å². The van der Waals surface area contributed by atoms with E-state index in [0.717, 1.165) is 0 Å². The fourth-order valence-corrected chi connectivity index (χ4v) is 1.42. The number of carbonyl (C=O) groups excluding carboxylic acids is 2. The van der Waals surface area contributed by atoms with Crippen molar-refractivity contribution in [3.63, 3.8) is 0 Å². The number of alkyl halides is 1. The standard InChI is InChI=1S/C12H22BrNO3/c1-8(12(2,3)4)6-10(15)14-7-9(13)11(16)17-5/h8-9H,6-7H2,1-5H3,(H,14,15). The molecule has 0 aliphatic rings. The highest BCUT2D eigenvalue weighted by atomic mass is 79.9. The first kappa shape index (κ1) is 16.4. The van der Waals surface area contributed by atoms with Crippen LogP contribution in [0.4, 0.5) is 0 Å². The Morgan fingerprint density at radius 2 is 1.88 bits per heavy atom. The molecule has 2 unspecified atom stereocenters. The van der Waals surface area contributed by atoms with Crippen LogP contribution in [0.2, 0.25) is 0 Å². The van der Waals surface area contributed by atoms with Gasteiger partial charge in [-0.25, -0.2) is 0 Å². The van der Waals surface area contributed by atoms with Crippen molar-refractivity contribution >= 4 is 27.8 Å². The van der Waals surface area contributed by atoms with Crippen molar-refractivity contribution in [1.29, 1.82) is 0 Å². The van der Waals surface area contributed by atoms with Gasteiger partial charge in [-0.05, 0) is 11.3 Å². The number of esters is 1. The van der Waals surface area contributed by atoms with E-state index in [-0.39, 0.29) is 29.8 Å². The SMILES string of the molecule is COC(=O)C(Br)CNC(=O)CC(C)C(C)(C)C. The van der Waals surface area contributed by atoms with Crippen LogP contribution >= 0.6 is 15.9 Å². The van der Waals surface area contributed by atoms with Gasteiger partial charge in [-0.15, -0.1) is 0 Å². The van der Waals surface area contributed by atoms with Crippen LogP contribution in [-0.2, 0) is 14.3 Å². The van der Waals surface area contributed by atoms with E-state index >= 15 is 0 Å². The molecule has 0 aromatic carbocycles. The first-order chi connectivity index (χ1) is 7.68. The monoisotopic (exact) mass is 307 g/mol. The molecule has 0 aromatic rings. The third-order valence-electron chi connectivity index (χ3n) is 2.91. The number of ether oxygens (including phenoxy) is 1. The van der Waals surface area contributed by atoms with E-state index in [1.807, 2.05) is 6.92 Å². The van der Waals surface area contributed by atoms with Crippen molar-refractivity contribution in [2.75, 3.05) is 13.7 Å². The Morgan fingerprint density at radius 3 is 2.29 bits per heavy atom. The van der Waals surface area contributed by atoms with Crippen LogP contribution in [0.15, 0.2) is 0 Å². The zero-order valence-electron chi connectivity index (χ0n) is 11.2. The van der Waals surface area contributed by atoms with Crippen molar-refractivity contribution in [1.82, 2.24) is 5.32 Å². The van der Waals surface area contributed by atoms with Gasteiger partial charge < -0.3 is 10.1 Å². The highest BCUT2D eigenvalue weighted by Gasteiger charge is 2.23. The van der Waals surface area contributed by atoms with E-state index in [9.17, 15) is 9.59 Å². The lowest BCUT2D eigenvalue weighted by Gasteiger charge is -2.26. The molecular formula is C12H22BrNO3. The maximum atomic E-state index is 11.6. The number of rotatable bonds is 5. The summed E-state index contributed by atoms with van der Waals surface area (Å²) in [5, 5.41) is 2.71. The van der Waals surface area contributed by atoms with Crippen LogP contribution in [0.5, 0.6) is 0 Å². The summed E-state index contributed by atoms with van der Waals surface area (Å²) in [6.07, 6.45) is 0.463. The lowest BCUT2D eigenvalue weighted by molar-refractivity contribution is -0.139. The molecule has 0 saturated carbocycles. The second kappa shape index (κ2) is 6.99. The Labute approximate surface area is 112 Å². The van der Waals surface area contributed by atoms with Gasteiger partial charge in [-0.2, -0.15) is 0 Å². The molecule has 100 valence electrons. The topological polar surface area (TPSA) is 55.4 Å². The second-order valence-corrected chi connectivity index (χ2v) is 6.37. The largest absolute Gasteiger partial charge is 0.468 e. The van der Waals surface area contributed by atoms with E-state index < -0.39 is 4.83 Å². The van der Waals surface area contributed by atoms with Crippen LogP contribution < -0.4 is 5.32 Å². The highest BCUT2D eigenvalue weighted by molar-refractivity contribution is 9.10. The third kappa shape index (κ3) is 6.66. The molecule has 2 atom stereocenters. The molecule has 5 heteroatoms. The minimum absolute atomic E-state index is 0.0409. The minimum Gasteiger partial charge on any atom is -0.468 e. The predicted molar refractivity (Wildman–Crippen MR) is 71.0 cm³/mol. The predicted octanol–water partition coefficient (Wildman–Crippen LogP) is 2.11. The normalized spacial score (nSPS) is 14.9. The molecule has 0 rings (SSSR count).